The van der Waals surface area contributed by atoms with Crippen molar-refractivity contribution in [2.45, 2.75) is 38.2 Å². The summed E-state index contributed by atoms with van der Waals surface area (Å²) in [7, 11) is 0. The second-order valence-electron chi connectivity index (χ2n) is 7.04. The summed E-state index contributed by atoms with van der Waals surface area (Å²) in [5.74, 6) is 0.996. The summed E-state index contributed by atoms with van der Waals surface area (Å²) in [6.45, 7) is 6.26. The number of hydrogen-bond acceptors (Lipinski definition) is 2. The van der Waals surface area contributed by atoms with Gasteiger partial charge in [0.25, 0.3) is 0 Å². The van der Waals surface area contributed by atoms with Gasteiger partial charge in [0, 0.05) is 12.8 Å². The summed E-state index contributed by atoms with van der Waals surface area (Å²) in [6, 6.07) is 18.4. The second-order valence-corrected chi connectivity index (χ2v) is 7.04. The lowest BCUT2D eigenvalue weighted by Crippen LogP contribution is -3.10. The molecule has 3 heteroatoms. The van der Waals surface area contributed by atoms with Gasteiger partial charge in [0.2, 0.25) is 0 Å². The van der Waals surface area contributed by atoms with E-state index in [-0.39, 0.29) is 5.92 Å². The molecule has 2 aromatic rings. The van der Waals surface area contributed by atoms with Crippen molar-refractivity contribution in [3.63, 3.8) is 0 Å². The van der Waals surface area contributed by atoms with E-state index in [4.69, 9.17) is 4.74 Å². The normalized spacial score (nSPS) is 17.4. The summed E-state index contributed by atoms with van der Waals surface area (Å²) >= 11 is 0. The van der Waals surface area contributed by atoms with Crippen molar-refractivity contribution < 1.29 is 14.7 Å². The molecule has 0 aromatic heterocycles. The first-order valence-corrected chi connectivity index (χ1v) is 9.57. The third-order valence-corrected chi connectivity index (χ3v) is 5.12. The van der Waals surface area contributed by atoms with E-state index in [9.17, 15) is 5.11 Å². The van der Waals surface area contributed by atoms with Crippen molar-refractivity contribution >= 4 is 0 Å². The Bertz CT molecular complexity index is 620. The van der Waals surface area contributed by atoms with Crippen LogP contribution in [0.5, 0.6) is 5.75 Å². The van der Waals surface area contributed by atoms with Gasteiger partial charge in [-0.2, -0.15) is 0 Å². The molecule has 0 spiro atoms. The molecule has 0 amide bonds. The zero-order chi connectivity index (χ0) is 17.5. The Morgan fingerprint density at radius 1 is 0.960 bits per heavy atom. The summed E-state index contributed by atoms with van der Waals surface area (Å²) in [5, 5.41) is 11.1. The van der Waals surface area contributed by atoms with Gasteiger partial charge in [-0.3, -0.25) is 0 Å². The van der Waals surface area contributed by atoms with E-state index >= 15 is 0 Å². The number of likely N-dealkylation sites (tertiary alicyclic amines) is 1. The van der Waals surface area contributed by atoms with Gasteiger partial charge < -0.3 is 14.7 Å². The molecule has 1 saturated heterocycles. The largest absolute Gasteiger partial charge is 0.494 e. The number of benzene rings is 2. The van der Waals surface area contributed by atoms with E-state index in [1.165, 1.54) is 31.5 Å². The van der Waals surface area contributed by atoms with Gasteiger partial charge in [-0.25, -0.2) is 0 Å². The number of ether oxygens (including phenoxy) is 1. The molecule has 1 fully saturated rings. The maximum absolute atomic E-state index is 11.1. The predicted octanol–water partition coefficient (Wildman–Crippen LogP) is 2.97. The third kappa shape index (κ3) is 4.83. The molecule has 0 unspecified atom stereocenters. The van der Waals surface area contributed by atoms with E-state index < -0.39 is 6.10 Å². The Morgan fingerprint density at radius 3 is 2.28 bits per heavy atom. The van der Waals surface area contributed by atoms with Crippen LogP contribution in [0.2, 0.25) is 0 Å². The van der Waals surface area contributed by atoms with Crippen molar-refractivity contribution in [3.8, 4) is 5.75 Å². The third-order valence-electron chi connectivity index (χ3n) is 5.12. The molecule has 1 heterocycles. The van der Waals surface area contributed by atoms with Crippen molar-refractivity contribution in [1.29, 1.82) is 0 Å². The topological polar surface area (TPSA) is 33.9 Å². The van der Waals surface area contributed by atoms with Crippen LogP contribution >= 0.6 is 0 Å². The molecule has 0 radical (unpaired) electrons. The van der Waals surface area contributed by atoms with Gasteiger partial charge in [0.15, 0.2) is 0 Å². The average Bonchev–Trinajstić information content (AvgIpc) is 3.18. The minimum atomic E-state index is -0.490. The van der Waals surface area contributed by atoms with Crippen LogP contribution in [-0.2, 0) is 0 Å². The van der Waals surface area contributed by atoms with Gasteiger partial charge in [-0.05, 0) is 29.7 Å². The Hall–Kier alpha value is -1.84. The van der Waals surface area contributed by atoms with Gasteiger partial charge in [0.05, 0.1) is 38.3 Å². The molecule has 0 bridgehead atoms. The van der Waals surface area contributed by atoms with Crippen LogP contribution in [0.15, 0.2) is 54.6 Å². The van der Waals surface area contributed by atoms with Crippen molar-refractivity contribution in [2.24, 2.45) is 0 Å². The Labute approximate surface area is 151 Å². The van der Waals surface area contributed by atoms with Gasteiger partial charge in [-0.15, -0.1) is 0 Å². The molecule has 2 atom stereocenters. The number of quaternary nitrogens is 1. The standard InChI is InChI=1S/C22H29NO2/c1-2-16-25-20-12-10-19(11-13-20)22(24)21(17-23-14-6-7-15-23)18-8-4-3-5-9-18/h3-5,8-13,21-22,24H,2,6-7,14-17H2,1H3/p+1/t21-,22-/m0/s1. The van der Waals surface area contributed by atoms with E-state index in [1.54, 1.807) is 4.90 Å². The average molecular weight is 340 g/mol. The first kappa shape index (κ1) is 18.0. The molecule has 2 N–H and O–H groups in total. The zero-order valence-electron chi connectivity index (χ0n) is 15.2. The highest BCUT2D eigenvalue weighted by Gasteiger charge is 2.28. The minimum absolute atomic E-state index is 0.122. The molecular weight excluding hydrogens is 310 g/mol. The highest BCUT2D eigenvalue weighted by molar-refractivity contribution is 5.31. The molecule has 25 heavy (non-hydrogen) atoms. The monoisotopic (exact) mass is 340 g/mol. The van der Waals surface area contributed by atoms with Crippen LogP contribution in [0.4, 0.5) is 0 Å². The smallest absolute Gasteiger partial charge is 0.119 e. The molecule has 3 nitrogen and oxygen atoms in total. The Morgan fingerprint density at radius 2 is 1.64 bits per heavy atom. The Balaban J connectivity index is 1.76. The lowest BCUT2D eigenvalue weighted by molar-refractivity contribution is -0.889. The first-order chi connectivity index (χ1) is 12.3. The summed E-state index contributed by atoms with van der Waals surface area (Å²) in [5.41, 5.74) is 2.19. The highest BCUT2D eigenvalue weighted by atomic mass is 16.5. The van der Waals surface area contributed by atoms with E-state index in [0.717, 1.165) is 30.9 Å². The molecule has 0 saturated carbocycles. The second kappa shape index (κ2) is 9.02. The fraction of sp³-hybridized carbons (Fsp3) is 0.455. The van der Waals surface area contributed by atoms with Gasteiger partial charge >= 0.3 is 0 Å². The number of hydrogen-bond donors (Lipinski definition) is 2. The number of aliphatic hydroxyl groups is 1. The van der Waals surface area contributed by atoms with Crippen molar-refractivity contribution in [2.75, 3.05) is 26.2 Å². The summed E-state index contributed by atoms with van der Waals surface area (Å²) < 4.78 is 5.66. The van der Waals surface area contributed by atoms with Crippen LogP contribution < -0.4 is 9.64 Å². The predicted molar refractivity (Wildman–Crippen MR) is 101 cm³/mol. The lowest BCUT2D eigenvalue weighted by Gasteiger charge is -2.26. The fourth-order valence-electron chi connectivity index (χ4n) is 3.72. The molecule has 2 aromatic carbocycles. The van der Waals surface area contributed by atoms with Crippen LogP contribution in [-0.4, -0.2) is 31.3 Å². The molecule has 1 aliphatic heterocycles. The van der Waals surface area contributed by atoms with Gasteiger partial charge in [0.1, 0.15) is 5.75 Å². The SMILES string of the molecule is CCCOc1ccc([C@H](O)[C@@H](C[NH+]2CCCC2)c2ccccc2)cc1. The van der Waals surface area contributed by atoms with Gasteiger partial charge in [-0.1, -0.05) is 49.4 Å². The maximum atomic E-state index is 11.1. The molecule has 1 aliphatic rings. The quantitative estimate of drug-likeness (QED) is 0.775. The van der Waals surface area contributed by atoms with Crippen LogP contribution in [0, 0.1) is 0 Å². The first-order valence-electron chi connectivity index (χ1n) is 9.57. The van der Waals surface area contributed by atoms with Crippen LogP contribution in [0.1, 0.15) is 49.3 Å². The number of nitrogens with one attached hydrogen (secondary N) is 1. The summed E-state index contributed by atoms with van der Waals surface area (Å²) in [4.78, 5) is 1.61. The van der Waals surface area contributed by atoms with E-state index in [0.29, 0.717) is 0 Å². The maximum Gasteiger partial charge on any atom is 0.119 e. The highest BCUT2D eigenvalue weighted by Crippen LogP contribution is 2.31. The number of aliphatic hydroxyl groups excluding tert-OH is 1. The molecule has 3 rings (SSSR count). The van der Waals surface area contributed by atoms with E-state index in [2.05, 4.69) is 31.2 Å². The van der Waals surface area contributed by atoms with Crippen LogP contribution in [0.3, 0.4) is 0 Å². The zero-order valence-corrected chi connectivity index (χ0v) is 15.2. The Kier molecular flexibility index (Phi) is 6.48. The van der Waals surface area contributed by atoms with Crippen molar-refractivity contribution in [3.05, 3.63) is 65.7 Å². The lowest BCUT2D eigenvalue weighted by atomic mass is 9.88. The molecule has 0 aliphatic carbocycles. The van der Waals surface area contributed by atoms with E-state index in [1.807, 2.05) is 30.3 Å². The molecular formula is C22H30NO2+. The summed E-state index contributed by atoms with van der Waals surface area (Å²) in [6.07, 6.45) is 3.11. The fourth-order valence-corrected chi connectivity index (χ4v) is 3.72. The van der Waals surface area contributed by atoms with Crippen LogP contribution in [0.25, 0.3) is 0 Å². The molecule has 134 valence electrons. The van der Waals surface area contributed by atoms with Crippen molar-refractivity contribution in [1.82, 2.24) is 0 Å². The minimum Gasteiger partial charge on any atom is -0.494 e. The number of rotatable bonds is 8.